The van der Waals surface area contributed by atoms with E-state index in [1.807, 2.05) is 55.5 Å². The SMILES string of the molecule is COC(=O)c1ccccc1-n1c(C)cc([C@H]2[C@H](c3ccccn3)NC(=S)N2c2ccc(Br)cc2)c1C. The van der Waals surface area contributed by atoms with Crippen LogP contribution >= 0.6 is 28.1 Å². The lowest BCUT2D eigenvalue weighted by Gasteiger charge is -2.28. The van der Waals surface area contributed by atoms with E-state index < -0.39 is 0 Å². The van der Waals surface area contributed by atoms with E-state index in [1.54, 1.807) is 12.3 Å². The molecule has 2 aromatic heterocycles. The molecule has 2 aromatic carbocycles. The van der Waals surface area contributed by atoms with Crippen LogP contribution in [0.15, 0.2) is 83.5 Å². The molecule has 5 rings (SSSR count). The van der Waals surface area contributed by atoms with Crippen LogP contribution in [-0.4, -0.2) is 27.7 Å². The Morgan fingerprint density at radius 2 is 1.78 bits per heavy atom. The van der Waals surface area contributed by atoms with E-state index in [-0.39, 0.29) is 18.1 Å². The third kappa shape index (κ3) is 4.20. The predicted molar refractivity (Wildman–Crippen MR) is 149 cm³/mol. The predicted octanol–water partition coefficient (Wildman–Crippen LogP) is 6.22. The van der Waals surface area contributed by atoms with Crippen molar-refractivity contribution in [3.05, 3.63) is 112 Å². The van der Waals surface area contributed by atoms with Gasteiger partial charge in [0.05, 0.1) is 36.1 Å². The molecule has 1 aliphatic heterocycles. The first-order valence-electron chi connectivity index (χ1n) is 11.5. The fourth-order valence-electron chi connectivity index (χ4n) is 4.96. The monoisotopic (exact) mass is 560 g/mol. The van der Waals surface area contributed by atoms with Crippen molar-refractivity contribution in [2.24, 2.45) is 0 Å². The van der Waals surface area contributed by atoms with Crippen LogP contribution in [0, 0.1) is 13.8 Å². The second-order valence-electron chi connectivity index (χ2n) is 8.64. The lowest BCUT2D eigenvalue weighted by atomic mass is 9.96. The van der Waals surface area contributed by atoms with Crippen molar-refractivity contribution >= 4 is 44.9 Å². The van der Waals surface area contributed by atoms with Gasteiger partial charge in [0.25, 0.3) is 0 Å². The Morgan fingerprint density at radius 3 is 2.47 bits per heavy atom. The van der Waals surface area contributed by atoms with Crippen molar-refractivity contribution in [1.29, 1.82) is 0 Å². The number of halogens is 1. The third-order valence-electron chi connectivity index (χ3n) is 6.54. The van der Waals surface area contributed by atoms with Gasteiger partial charge in [0.15, 0.2) is 5.11 Å². The van der Waals surface area contributed by atoms with E-state index in [0.29, 0.717) is 10.7 Å². The molecule has 6 nitrogen and oxygen atoms in total. The van der Waals surface area contributed by atoms with E-state index in [9.17, 15) is 4.79 Å². The summed E-state index contributed by atoms with van der Waals surface area (Å²) >= 11 is 9.40. The molecule has 1 N–H and O–H groups in total. The van der Waals surface area contributed by atoms with E-state index in [4.69, 9.17) is 17.0 Å². The molecule has 4 aromatic rings. The number of nitrogens with one attached hydrogen (secondary N) is 1. The van der Waals surface area contributed by atoms with Gasteiger partial charge in [0.2, 0.25) is 0 Å². The minimum atomic E-state index is -0.369. The van der Waals surface area contributed by atoms with Crippen molar-refractivity contribution in [3.63, 3.8) is 0 Å². The van der Waals surface area contributed by atoms with E-state index in [1.165, 1.54) is 7.11 Å². The first kappa shape index (κ1) is 24.2. The van der Waals surface area contributed by atoms with Gasteiger partial charge in [-0.3, -0.25) is 4.98 Å². The molecule has 0 aliphatic carbocycles. The maximum Gasteiger partial charge on any atom is 0.339 e. The average Bonchev–Trinajstić information content (AvgIpc) is 3.39. The van der Waals surface area contributed by atoms with Gasteiger partial charge in [-0.25, -0.2) is 4.79 Å². The van der Waals surface area contributed by atoms with Crippen LogP contribution in [0.4, 0.5) is 5.69 Å². The number of hydrogen-bond acceptors (Lipinski definition) is 4. The number of thiocarbonyl (C=S) groups is 1. The number of esters is 1. The summed E-state index contributed by atoms with van der Waals surface area (Å²) in [5, 5.41) is 4.15. The molecule has 1 fully saturated rings. The second kappa shape index (κ2) is 9.87. The zero-order valence-corrected chi connectivity index (χ0v) is 22.5. The van der Waals surface area contributed by atoms with Crippen molar-refractivity contribution in [2.45, 2.75) is 25.9 Å². The van der Waals surface area contributed by atoms with Crippen molar-refractivity contribution in [2.75, 3.05) is 12.0 Å². The van der Waals surface area contributed by atoms with Crippen molar-refractivity contribution in [3.8, 4) is 5.69 Å². The zero-order valence-electron chi connectivity index (χ0n) is 20.1. The normalized spacial score (nSPS) is 17.2. The molecule has 36 heavy (non-hydrogen) atoms. The maximum atomic E-state index is 12.6. The summed E-state index contributed by atoms with van der Waals surface area (Å²) < 4.78 is 8.17. The van der Waals surface area contributed by atoms with E-state index >= 15 is 0 Å². The lowest BCUT2D eigenvalue weighted by molar-refractivity contribution is 0.0600. The van der Waals surface area contributed by atoms with Gasteiger partial charge in [-0.05, 0) is 86.2 Å². The van der Waals surface area contributed by atoms with Crippen LogP contribution < -0.4 is 10.2 Å². The fourth-order valence-corrected chi connectivity index (χ4v) is 5.57. The Kier molecular flexibility index (Phi) is 6.64. The number of nitrogens with zero attached hydrogens (tertiary/aromatic N) is 3. The zero-order chi connectivity index (χ0) is 25.4. The molecule has 2 atom stereocenters. The second-order valence-corrected chi connectivity index (χ2v) is 9.95. The average molecular weight is 562 g/mol. The minimum Gasteiger partial charge on any atom is -0.465 e. The number of rotatable bonds is 5. The molecule has 182 valence electrons. The smallest absolute Gasteiger partial charge is 0.339 e. The Hall–Kier alpha value is -3.49. The number of para-hydroxylation sites is 1. The number of carbonyl (C=O) groups excluding carboxylic acids is 1. The quantitative estimate of drug-likeness (QED) is 0.231. The summed E-state index contributed by atoms with van der Waals surface area (Å²) in [4.78, 5) is 19.4. The highest BCUT2D eigenvalue weighted by Gasteiger charge is 2.42. The number of benzene rings is 2. The summed E-state index contributed by atoms with van der Waals surface area (Å²) in [5.74, 6) is -0.369. The maximum absolute atomic E-state index is 12.6. The Labute approximate surface area is 224 Å². The van der Waals surface area contributed by atoms with E-state index in [2.05, 4.69) is 60.8 Å². The number of pyridine rings is 1. The van der Waals surface area contributed by atoms with Gasteiger partial charge in [-0.1, -0.05) is 34.1 Å². The molecule has 0 bridgehead atoms. The first-order chi connectivity index (χ1) is 17.4. The van der Waals surface area contributed by atoms with Crippen LogP contribution in [0.1, 0.15) is 45.1 Å². The van der Waals surface area contributed by atoms with Crippen LogP contribution in [-0.2, 0) is 4.74 Å². The number of anilines is 1. The minimum absolute atomic E-state index is 0.154. The number of ether oxygens (including phenoxy) is 1. The standard InChI is InChI=1S/C28H25BrN4O2S/c1-17-16-22(18(2)32(17)24-10-5-4-8-21(24)27(34)35-3)26-25(23-9-6-7-15-30-23)31-28(36)33(26)20-13-11-19(29)12-14-20/h4-16,25-26H,1-3H3,(H,31,36)/t25-,26-/m0/s1. The van der Waals surface area contributed by atoms with Crippen molar-refractivity contribution < 1.29 is 9.53 Å². The van der Waals surface area contributed by atoms with E-state index in [0.717, 1.165) is 38.5 Å². The molecule has 0 saturated carbocycles. The lowest BCUT2D eigenvalue weighted by Crippen LogP contribution is -2.29. The molecule has 1 saturated heterocycles. The number of carbonyl (C=O) groups is 1. The van der Waals surface area contributed by atoms with Crippen LogP contribution in [0.25, 0.3) is 5.69 Å². The Bertz CT molecular complexity index is 1440. The molecule has 0 unspecified atom stereocenters. The molecule has 0 spiro atoms. The van der Waals surface area contributed by atoms with Gasteiger partial charge in [-0.15, -0.1) is 0 Å². The van der Waals surface area contributed by atoms with Gasteiger partial charge in [-0.2, -0.15) is 0 Å². The fraction of sp³-hybridized carbons (Fsp3) is 0.179. The molecule has 1 aliphatic rings. The largest absolute Gasteiger partial charge is 0.465 e. The molecule has 3 heterocycles. The first-order valence-corrected chi connectivity index (χ1v) is 12.7. The number of hydrogen-bond donors (Lipinski definition) is 1. The number of aryl methyl sites for hydroxylation is 1. The summed E-state index contributed by atoms with van der Waals surface area (Å²) in [7, 11) is 1.40. The molecular formula is C28H25BrN4O2S. The summed E-state index contributed by atoms with van der Waals surface area (Å²) in [6.45, 7) is 4.12. The number of aromatic nitrogens is 2. The Balaban J connectivity index is 1.69. The number of methoxy groups -OCH3 is 1. The highest BCUT2D eigenvalue weighted by Crippen LogP contribution is 2.44. The Morgan fingerprint density at radius 1 is 1.06 bits per heavy atom. The van der Waals surface area contributed by atoms with Crippen molar-refractivity contribution in [1.82, 2.24) is 14.9 Å². The topological polar surface area (TPSA) is 59.4 Å². The third-order valence-corrected chi connectivity index (χ3v) is 7.39. The molecule has 0 amide bonds. The van der Waals surface area contributed by atoms with Crippen LogP contribution in [0.2, 0.25) is 0 Å². The summed E-state index contributed by atoms with van der Waals surface area (Å²) in [5.41, 5.74) is 6.31. The summed E-state index contributed by atoms with van der Waals surface area (Å²) in [6.07, 6.45) is 1.80. The van der Waals surface area contributed by atoms with Gasteiger partial charge < -0.3 is 19.5 Å². The van der Waals surface area contributed by atoms with Gasteiger partial charge >= 0.3 is 5.97 Å². The molecular weight excluding hydrogens is 536 g/mol. The van der Waals surface area contributed by atoms with Gasteiger partial charge in [0, 0.05) is 27.7 Å². The highest BCUT2D eigenvalue weighted by atomic mass is 79.9. The molecule has 8 heteroatoms. The van der Waals surface area contributed by atoms with Crippen LogP contribution in [0.3, 0.4) is 0 Å². The summed E-state index contributed by atoms with van der Waals surface area (Å²) in [6, 6.07) is 23.4. The van der Waals surface area contributed by atoms with Crippen LogP contribution in [0.5, 0.6) is 0 Å². The van der Waals surface area contributed by atoms with Gasteiger partial charge in [0.1, 0.15) is 0 Å². The highest BCUT2D eigenvalue weighted by molar-refractivity contribution is 9.10. The molecule has 0 radical (unpaired) electrons.